The summed E-state index contributed by atoms with van der Waals surface area (Å²) in [6, 6.07) is 3.73. The van der Waals surface area contributed by atoms with Crippen LogP contribution in [0.3, 0.4) is 0 Å². The van der Waals surface area contributed by atoms with Crippen molar-refractivity contribution in [2.24, 2.45) is 0 Å². The summed E-state index contributed by atoms with van der Waals surface area (Å²) in [4.78, 5) is 11.7. The lowest BCUT2D eigenvalue weighted by molar-refractivity contribution is 0.0525. The van der Waals surface area contributed by atoms with Crippen LogP contribution in [-0.2, 0) is 11.2 Å². The van der Waals surface area contributed by atoms with Gasteiger partial charge in [0.2, 0.25) is 0 Å². The van der Waals surface area contributed by atoms with Crippen LogP contribution in [0.1, 0.15) is 35.3 Å². The number of hydrogen-bond acceptors (Lipinski definition) is 3. The number of carbonyl (C=O) groups is 1. The van der Waals surface area contributed by atoms with E-state index < -0.39 is 0 Å². The first-order valence-electron chi connectivity index (χ1n) is 5.48. The van der Waals surface area contributed by atoms with Crippen LogP contribution in [0.15, 0.2) is 12.1 Å². The lowest BCUT2D eigenvalue weighted by atomic mass is 10.0. The largest absolute Gasteiger partial charge is 0.496 e. The molecule has 0 aromatic heterocycles. The summed E-state index contributed by atoms with van der Waals surface area (Å²) in [7, 11) is 1.63. The van der Waals surface area contributed by atoms with Gasteiger partial charge in [-0.2, -0.15) is 0 Å². The summed E-state index contributed by atoms with van der Waals surface area (Å²) in [6.45, 7) is 6.13. The highest BCUT2D eigenvalue weighted by molar-refractivity contribution is 5.91. The molecule has 0 radical (unpaired) electrons. The second kappa shape index (κ2) is 5.54. The van der Waals surface area contributed by atoms with Crippen LogP contribution in [0.5, 0.6) is 5.75 Å². The average Bonchev–Trinajstić information content (AvgIpc) is 2.29. The summed E-state index contributed by atoms with van der Waals surface area (Å²) < 4.78 is 10.2. The summed E-state index contributed by atoms with van der Waals surface area (Å²) in [5.74, 6) is 0.551. The van der Waals surface area contributed by atoms with Gasteiger partial charge in [0.15, 0.2) is 0 Å². The van der Waals surface area contributed by atoms with Crippen LogP contribution < -0.4 is 4.74 Å². The van der Waals surface area contributed by atoms with Crippen molar-refractivity contribution in [3.05, 3.63) is 28.8 Å². The molecule has 0 atom stereocenters. The molecular formula is C13H18O3. The molecular weight excluding hydrogens is 204 g/mol. The van der Waals surface area contributed by atoms with E-state index in [1.165, 1.54) is 0 Å². The summed E-state index contributed by atoms with van der Waals surface area (Å²) in [6.07, 6.45) is 0.783. The molecule has 16 heavy (non-hydrogen) atoms. The Kier molecular flexibility index (Phi) is 4.35. The van der Waals surface area contributed by atoms with Crippen molar-refractivity contribution in [1.29, 1.82) is 0 Å². The Morgan fingerprint density at radius 2 is 2.00 bits per heavy atom. The van der Waals surface area contributed by atoms with Crippen LogP contribution in [0.4, 0.5) is 0 Å². The number of carbonyl (C=O) groups excluding carboxylic acids is 1. The molecule has 3 heteroatoms. The molecule has 1 aromatic rings. The Bertz CT molecular complexity index is 383. The topological polar surface area (TPSA) is 35.5 Å². The number of rotatable bonds is 4. The van der Waals surface area contributed by atoms with E-state index in [4.69, 9.17) is 9.47 Å². The van der Waals surface area contributed by atoms with Gasteiger partial charge in [-0.3, -0.25) is 0 Å². The van der Waals surface area contributed by atoms with Crippen LogP contribution in [0, 0.1) is 6.92 Å². The van der Waals surface area contributed by atoms with Gasteiger partial charge in [-0.1, -0.05) is 6.92 Å². The summed E-state index contributed by atoms with van der Waals surface area (Å²) in [5, 5.41) is 0. The van der Waals surface area contributed by atoms with Crippen LogP contribution in [0.2, 0.25) is 0 Å². The Morgan fingerprint density at radius 1 is 1.31 bits per heavy atom. The number of aryl methyl sites for hydroxylation is 2. The lowest BCUT2D eigenvalue weighted by Gasteiger charge is -2.11. The van der Waals surface area contributed by atoms with Crippen molar-refractivity contribution in [3.8, 4) is 5.75 Å². The first-order chi connectivity index (χ1) is 7.63. The zero-order valence-corrected chi connectivity index (χ0v) is 10.3. The predicted molar refractivity (Wildman–Crippen MR) is 63.1 cm³/mol. The van der Waals surface area contributed by atoms with Crippen molar-refractivity contribution < 1.29 is 14.3 Å². The zero-order chi connectivity index (χ0) is 12.1. The third-order valence-electron chi connectivity index (χ3n) is 2.50. The number of hydrogen-bond donors (Lipinski definition) is 0. The molecule has 0 spiro atoms. The average molecular weight is 222 g/mol. The molecule has 0 unspecified atom stereocenters. The third kappa shape index (κ3) is 2.54. The van der Waals surface area contributed by atoms with Gasteiger partial charge in [0, 0.05) is 0 Å². The minimum absolute atomic E-state index is 0.259. The van der Waals surface area contributed by atoms with E-state index in [0.29, 0.717) is 12.2 Å². The molecule has 0 fully saturated rings. The van der Waals surface area contributed by atoms with Gasteiger partial charge < -0.3 is 9.47 Å². The quantitative estimate of drug-likeness (QED) is 0.735. The fourth-order valence-electron chi connectivity index (χ4n) is 1.64. The minimum Gasteiger partial charge on any atom is -0.496 e. The maximum atomic E-state index is 11.7. The fraction of sp³-hybridized carbons (Fsp3) is 0.462. The maximum absolute atomic E-state index is 11.7. The molecule has 0 saturated heterocycles. The molecule has 0 aliphatic heterocycles. The molecule has 1 aromatic carbocycles. The van der Waals surface area contributed by atoms with Gasteiger partial charge in [0.1, 0.15) is 5.75 Å². The first kappa shape index (κ1) is 12.6. The number of methoxy groups -OCH3 is 1. The standard InChI is InChI=1S/C13H18O3/c1-5-10-8-12(15-4)9(3)7-11(10)13(14)16-6-2/h7-8H,5-6H2,1-4H3. The third-order valence-corrected chi connectivity index (χ3v) is 2.50. The highest BCUT2D eigenvalue weighted by atomic mass is 16.5. The molecule has 0 saturated carbocycles. The smallest absolute Gasteiger partial charge is 0.338 e. The van der Waals surface area contributed by atoms with Gasteiger partial charge in [-0.15, -0.1) is 0 Å². The predicted octanol–water partition coefficient (Wildman–Crippen LogP) is 2.74. The van der Waals surface area contributed by atoms with Crippen molar-refractivity contribution in [3.63, 3.8) is 0 Å². The lowest BCUT2D eigenvalue weighted by Crippen LogP contribution is -2.08. The van der Waals surface area contributed by atoms with E-state index in [-0.39, 0.29) is 5.97 Å². The minimum atomic E-state index is -0.259. The molecule has 88 valence electrons. The molecule has 1 rings (SSSR count). The van der Waals surface area contributed by atoms with Gasteiger partial charge >= 0.3 is 5.97 Å². The Balaban J connectivity index is 3.17. The number of benzene rings is 1. The van der Waals surface area contributed by atoms with Gasteiger partial charge in [-0.25, -0.2) is 4.79 Å². The first-order valence-corrected chi connectivity index (χ1v) is 5.48. The van der Waals surface area contributed by atoms with E-state index >= 15 is 0 Å². The van der Waals surface area contributed by atoms with E-state index in [2.05, 4.69) is 0 Å². The summed E-state index contributed by atoms with van der Waals surface area (Å²) in [5.41, 5.74) is 2.55. The molecule has 0 bridgehead atoms. The van der Waals surface area contributed by atoms with Crippen molar-refractivity contribution >= 4 is 5.97 Å². The van der Waals surface area contributed by atoms with Crippen LogP contribution in [-0.4, -0.2) is 19.7 Å². The van der Waals surface area contributed by atoms with Crippen LogP contribution in [0.25, 0.3) is 0 Å². The highest BCUT2D eigenvalue weighted by Crippen LogP contribution is 2.24. The van der Waals surface area contributed by atoms with Gasteiger partial charge in [0.05, 0.1) is 19.3 Å². The fourth-order valence-corrected chi connectivity index (χ4v) is 1.64. The van der Waals surface area contributed by atoms with Crippen molar-refractivity contribution in [1.82, 2.24) is 0 Å². The Labute approximate surface area is 96.4 Å². The molecule has 3 nitrogen and oxygen atoms in total. The van der Waals surface area contributed by atoms with Crippen molar-refractivity contribution in [2.75, 3.05) is 13.7 Å². The monoisotopic (exact) mass is 222 g/mol. The van der Waals surface area contributed by atoms with E-state index in [0.717, 1.165) is 23.3 Å². The van der Waals surface area contributed by atoms with Crippen molar-refractivity contribution in [2.45, 2.75) is 27.2 Å². The maximum Gasteiger partial charge on any atom is 0.338 e. The Hall–Kier alpha value is -1.51. The Morgan fingerprint density at radius 3 is 2.50 bits per heavy atom. The molecule has 0 amide bonds. The molecule has 0 heterocycles. The van der Waals surface area contributed by atoms with Gasteiger partial charge in [-0.05, 0) is 43.5 Å². The zero-order valence-electron chi connectivity index (χ0n) is 10.3. The highest BCUT2D eigenvalue weighted by Gasteiger charge is 2.14. The molecule has 0 N–H and O–H groups in total. The molecule has 0 aliphatic carbocycles. The number of esters is 1. The van der Waals surface area contributed by atoms with E-state index in [1.54, 1.807) is 14.0 Å². The van der Waals surface area contributed by atoms with Crippen LogP contribution >= 0.6 is 0 Å². The van der Waals surface area contributed by atoms with E-state index in [1.807, 2.05) is 26.0 Å². The second-order valence-electron chi connectivity index (χ2n) is 3.55. The molecule has 0 aliphatic rings. The second-order valence-corrected chi connectivity index (χ2v) is 3.55. The van der Waals surface area contributed by atoms with Gasteiger partial charge in [0.25, 0.3) is 0 Å². The SMILES string of the molecule is CCOC(=O)c1cc(C)c(OC)cc1CC. The van der Waals surface area contributed by atoms with E-state index in [9.17, 15) is 4.79 Å². The normalized spacial score (nSPS) is 10.0. The summed E-state index contributed by atoms with van der Waals surface area (Å²) >= 11 is 0. The number of ether oxygens (including phenoxy) is 2.